The summed E-state index contributed by atoms with van der Waals surface area (Å²) in [5, 5.41) is 7.37. The molecule has 2 aromatic carbocycles. The summed E-state index contributed by atoms with van der Waals surface area (Å²) >= 11 is 3.35. The normalized spacial score (nSPS) is 11.0. The number of nitrogens with zero attached hydrogens (tertiary/aromatic N) is 4. The Kier molecular flexibility index (Phi) is 5.45. The zero-order valence-electron chi connectivity index (χ0n) is 16.0. The summed E-state index contributed by atoms with van der Waals surface area (Å²) in [6.45, 7) is 1.90. The number of carbonyl (C=O) groups is 1. The minimum absolute atomic E-state index is 0.121. The molecule has 0 radical (unpaired) electrons. The third-order valence-corrected chi connectivity index (χ3v) is 5.17. The lowest BCUT2D eigenvalue weighted by Gasteiger charge is -2.11. The van der Waals surface area contributed by atoms with Crippen LogP contribution in [-0.2, 0) is 11.3 Å². The van der Waals surface area contributed by atoms with E-state index in [1.54, 1.807) is 31.2 Å². The molecule has 30 heavy (non-hydrogen) atoms. The van der Waals surface area contributed by atoms with Crippen LogP contribution in [0.25, 0.3) is 16.7 Å². The van der Waals surface area contributed by atoms with E-state index in [4.69, 9.17) is 0 Å². The average Bonchev–Trinajstić information content (AvgIpc) is 3.14. The molecule has 4 rings (SSSR count). The van der Waals surface area contributed by atoms with E-state index in [2.05, 4.69) is 31.3 Å². The summed E-state index contributed by atoms with van der Waals surface area (Å²) < 4.78 is 17.1. The lowest BCUT2D eigenvalue weighted by Crippen LogP contribution is -2.26. The monoisotopic (exact) mass is 469 g/mol. The van der Waals surface area contributed by atoms with Crippen molar-refractivity contribution < 1.29 is 9.18 Å². The quantitative estimate of drug-likeness (QED) is 0.481. The van der Waals surface area contributed by atoms with Crippen LogP contribution in [-0.4, -0.2) is 25.2 Å². The first-order chi connectivity index (χ1) is 14.4. The van der Waals surface area contributed by atoms with Crippen LogP contribution in [0.15, 0.2) is 64.0 Å². The first-order valence-electron chi connectivity index (χ1n) is 9.19. The zero-order valence-corrected chi connectivity index (χ0v) is 17.6. The van der Waals surface area contributed by atoms with E-state index in [-0.39, 0.29) is 30.2 Å². The Morgan fingerprint density at radius 2 is 1.83 bits per heavy atom. The second-order valence-corrected chi connectivity index (χ2v) is 7.61. The summed E-state index contributed by atoms with van der Waals surface area (Å²) in [6, 6.07) is 13.0. The number of aryl methyl sites for hydroxylation is 1. The smallest absolute Gasteiger partial charge is 0.264 e. The van der Waals surface area contributed by atoms with Crippen molar-refractivity contribution in [3.63, 3.8) is 0 Å². The van der Waals surface area contributed by atoms with Crippen molar-refractivity contribution in [1.29, 1.82) is 0 Å². The SMILES string of the molecule is Cc1nc2c(cnn2-c2ccc(F)cc2)c(=O)n1CCC(=O)Nc1ccc(Br)cc1. The minimum atomic E-state index is -0.358. The number of hydrogen-bond donors (Lipinski definition) is 1. The van der Waals surface area contributed by atoms with Gasteiger partial charge in [-0.3, -0.25) is 14.2 Å². The molecule has 0 saturated carbocycles. The molecule has 9 heteroatoms. The van der Waals surface area contributed by atoms with E-state index in [0.29, 0.717) is 28.2 Å². The molecular formula is C21H17BrFN5O2. The average molecular weight is 470 g/mol. The molecule has 1 N–H and O–H groups in total. The maximum atomic E-state index is 13.2. The van der Waals surface area contributed by atoms with Crippen molar-refractivity contribution in [3.8, 4) is 5.69 Å². The van der Waals surface area contributed by atoms with Crippen LogP contribution in [0.3, 0.4) is 0 Å². The van der Waals surface area contributed by atoms with Gasteiger partial charge in [-0.25, -0.2) is 14.1 Å². The fourth-order valence-corrected chi connectivity index (χ4v) is 3.38. The van der Waals surface area contributed by atoms with Gasteiger partial charge in [0.15, 0.2) is 5.65 Å². The molecule has 4 aromatic rings. The third-order valence-electron chi connectivity index (χ3n) is 4.64. The Balaban J connectivity index is 1.56. The highest BCUT2D eigenvalue weighted by Gasteiger charge is 2.15. The minimum Gasteiger partial charge on any atom is -0.326 e. The topological polar surface area (TPSA) is 81.8 Å². The zero-order chi connectivity index (χ0) is 21.3. The van der Waals surface area contributed by atoms with Crippen molar-refractivity contribution in [2.24, 2.45) is 0 Å². The number of nitrogens with one attached hydrogen (secondary N) is 1. The van der Waals surface area contributed by atoms with Gasteiger partial charge in [-0.15, -0.1) is 0 Å². The van der Waals surface area contributed by atoms with E-state index in [0.717, 1.165) is 4.47 Å². The van der Waals surface area contributed by atoms with Crippen molar-refractivity contribution >= 4 is 38.6 Å². The molecule has 152 valence electrons. The standard InChI is InChI=1S/C21H17BrFN5O2/c1-13-25-20-18(12-24-28(20)17-8-4-15(23)5-9-17)21(30)27(13)11-10-19(29)26-16-6-2-14(22)3-7-16/h2-9,12H,10-11H2,1H3,(H,26,29). The second kappa shape index (κ2) is 8.19. The van der Waals surface area contributed by atoms with Gasteiger partial charge in [0.2, 0.25) is 5.91 Å². The number of benzene rings is 2. The fourth-order valence-electron chi connectivity index (χ4n) is 3.11. The summed E-state index contributed by atoms with van der Waals surface area (Å²) in [7, 11) is 0. The Morgan fingerprint density at radius 3 is 2.53 bits per heavy atom. The van der Waals surface area contributed by atoms with Crippen LogP contribution < -0.4 is 10.9 Å². The fraction of sp³-hybridized carbons (Fsp3) is 0.143. The van der Waals surface area contributed by atoms with Crippen LogP contribution >= 0.6 is 15.9 Å². The van der Waals surface area contributed by atoms with Crippen LogP contribution in [0.1, 0.15) is 12.2 Å². The molecule has 7 nitrogen and oxygen atoms in total. The number of hydrogen-bond acceptors (Lipinski definition) is 4. The Hall–Kier alpha value is -3.33. The van der Waals surface area contributed by atoms with E-state index >= 15 is 0 Å². The molecule has 0 spiro atoms. The predicted molar refractivity (Wildman–Crippen MR) is 115 cm³/mol. The third kappa shape index (κ3) is 4.02. The van der Waals surface area contributed by atoms with Crippen LogP contribution in [0.2, 0.25) is 0 Å². The van der Waals surface area contributed by atoms with Gasteiger partial charge in [0.25, 0.3) is 5.56 Å². The summed E-state index contributed by atoms with van der Waals surface area (Å²) in [6.07, 6.45) is 1.56. The van der Waals surface area contributed by atoms with E-state index in [9.17, 15) is 14.0 Å². The van der Waals surface area contributed by atoms with Crippen molar-refractivity contribution in [2.45, 2.75) is 19.9 Å². The molecule has 2 heterocycles. The molecule has 0 saturated heterocycles. The molecular weight excluding hydrogens is 453 g/mol. The highest BCUT2D eigenvalue weighted by atomic mass is 79.9. The number of rotatable bonds is 5. The Morgan fingerprint density at radius 1 is 1.13 bits per heavy atom. The lowest BCUT2D eigenvalue weighted by atomic mass is 10.3. The van der Waals surface area contributed by atoms with E-state index in [1.165, 1.54) is 27.6 Å². The number of aromatic nitrogens is 4. The van der Waals surface area contributed by atoms with Gasteiger partial charge in [0, 0.05) is 23.1 Å². The second-order valence-electron chi connectivity index (χ2n) is 6.69. The highest BCUT2D eigenvalue weighted by molar-refractivity contribution is 9.10. The molecule has 0 atom stereocenters. The highest BCUT2D eigenvalue weighted by Crippen LogP contribution is 2.16. The first-order valence-corrected chi connectivity index (χ1v) is 9.98. The summed E-state index contributed by atoms with van der Waals surface area (Å²) in [5.41, 5.74) is 1.40. The summed E-state index contributed by atoms with van der Waals surface area (Å²) in [4.78, 5) is 29.7. The molecule has 0 aliphatic heterocycles. The Bertz CT molecular complexity index is 1280. The largest absolute Gasteiger partial charge is 0.326 e. The van der Waals surface area contributed by atoms with Gasteiger partial charge in [0.05, 0.1) is 11.9 Å². The van der Waals surface area contributed by atoms with Gasteiger partial charge in [-0.1, -0.05) is 15.9 Å². The van der Waals surface area contributed by atoms with Crippen LogP contribution in [0.5, 0.6) is 0 Å². The number of amides is 1. The van der Waals surface area contributed by atoms with Gasteiger partial charge in [-0.05, 0) is 55.5 Å². The first kappa shape index (κ1) is 20.0. The molecule has 0 unspecified atom stereocenters. The Labute approximate surface area is 179 Å². The van der Waals surface area contributed by atoms with Gasteiger partial charge < -0.3 is 5.32 Å². The number of fused-ring (bicyclic) bond motifs is 1. The molecule has 0 fully saturated rings. The maximum absolute atomic E-state index is 13.2. The number of carbonyl (C=O) groups excluding carboxylic acids is 1. The van der Waals surface area contributed by atoms with E-state index in [1.807, 2.05) is 12.1 Å². The molecule has 0 aliphatic carbocycles. The summed E-state index contributed by atoms with van der Waals surface area (Å²) in [5.74, 6) is -0.0957. The van der Waals surface area contributed by atoms with Gasteiger partial charge in [0.1, 0.15) is 17.0 Å². The van der Waals surface area contributed by atoms with Gasteiger partial charge in [-0.2, -0.15) is 5.10 Å². The van der Waals surface area contributed by atoms with Crippen LogP contribution in [0.4, 0.5) is 10.1 Å². The van der Waals surface area contributed by atoms with Crippen LogP contribution in [0, 0.1) is 12.7 Å². The maximum Gasteiger partial charge on any atom is 0.264 e. The lowest BCUT2D eigenvalue weighted by molar-refractivity contribution is -0.116. The predicted octanol–water partition coefficient (Wildman–Crippen LogP) is 3.82. The van der Waals surface area contributed by atoms with Gasteiger partial charge >= 0.3 is 0 Å². The van der Waals surface area contributed by atoms with E-state index < -0.39 is 0 Å². The number of halogens is 2. The molecule has 0 bridgehead atoms. The number of anilines is 1. The van der Waals surface area contributed by atoms with Crippen molar-refractivity contribution in [1.82, 2.24) is 19.3 Å². The van der Waals surface area contributed by atoms with Crippen molar-refractivity contribution in [2.75, 3.05) is 5.32 Å². The molecule has 2 aromatic heterocycles. The molecule has 0 aliphatic rings. The van der Waals surface area contributed by atoms with Crippen molar-refractivity contribution in [3.05, 3.63) is 81.2 Å². The molecule has 1 amide bonds.